The van der Waals surface area contributed by atoms with E-state index in [2.05, 4.69) is 0 Å². The Bertz CT molecular complexity index is 217. The first-order valence-corrected chi connectivity index (χ1v) is 6.19. The van der Waals surface area contributed by atoms with Crippen LogP contribution in [0.5, 0.6) is 0 Å². The van der Waals surface area contributed by atoms with Gasteiger partial charge in [0, 0.05) is 18.4 Å². The van der Waals surface area contributed by atoms with Crippen LogP contribution in [0, 0.1) is 11.8 Å². The second-order valence-corrected chi connectivity index (χ2v) is 5.32. The molecule has 5 heteroatoms. The maximum absolute atomic E-state index is 10.7. The van der Waals surface area contributed by atoms with Gasteiger partial charge >= 0.3 is 5.97 Å². The normalized spacial score (nSPS) is 27.5. The van der Waals surface area contributed by atoms with Gasteiger partial charge in [0.05, 0.1) is 5.92 Å². The molecule has 0 amide bonds. The van der Waals surface area contributed by atoms with E-state index in [1.54, 1.807) is 11.8 Å². The van der Waals surface area contributed by atoms with E-state index in [1.165, 1.54) is 18.7 Å². The first kappa shape index (κ1) is 10.9. The van der Waals surface area contributed by atoms with Crippen molar-refractivity contribution in [1.82, 2.24) is 0 Å². The number of carboxylic acids is 1. The van der Waals surface area contributed by atoms with E-state index in [9.17, 15) is 9.59 Å². The summed E-state index contributed by atoms with van der Waals surface area (Å²) in [7, 11) is 0. The summed E-state index contributed by atoms with van der Waals surface area (Å²) in [6, 6.07) is 0. The highest BCUT2D eigenvalue weighted by molar-refractivity contribution is 8.13. The van der Waals surface area contributed by atoms with Crippen LogP contribution in [0.4, 0.5) is 0 Å². The Hall–Kier alpha value is -0.160. The molecule has 1 fully saturated rings. The average Bonchev–Trinajstić information content (AvgIpc) is 2.47. The van der Waals surface area contributed by atoms with Gasteiger partial charge in [-0.15, -0.1) is 0 Å². The fourth-order valence-electron chi connectivity index (χ4n) is 1.26. The Labute approximate surface area is 85.7 Å². The molecule has 0 aromatic carbocycles. The summed E-state index contributed by atoms with van der Waals surface area (Å²) in [6.07, 6.45) is 0. The molecule has 13 heavy (non-hydrogen) atoms. The molecule has 0 bridgehead atoms. The number of carboxylic acid groups (broad SMARTS) is 1. The van der Waals surface area contributed by atoms with Crippen LogP contribution in [-0.4, -0.2) is 33.4 Å². The third-order valence-corrected chi connectivity index (χ3v) is 4.28. The molecule has 1 aliphatic heterocycles. The molecular weight excluding hydrogens is 208 g/mol. The van der Waals surface area contributed by atoms with Gasteiger partial charge in [0.15, 0.2) is 5.12 Å². The predicted octanol–water partition coefficient (Wildman–Crippen LogP) is 1.33. The zero-order valence-corrected chi connectivity index (χ0v) is 8.99. The maximum atomic E-state index is 10.7. The maximum Gasteiger partial charge on any atom is 0.307 e. The van der Waals surface area contributed by atoms with Gasteiger partial charge in [0.25, 0.3) is 0 Å². The standard InChI is InChI=1S/C8H12O3S2/c1-5(9)13-3-6-2-12-4-7(6)8(10)11/h6-7H,2-4H2,1H3,(H,10,11). The van der Waals surface area contributed by atoms with Crippen LogP contribution < -0.4 is 0 Å². The monoisotopic (exact) mass is 220 g/mol. The summed E-state index contributed by atoms with van der Waals surface area (Å²) in [5.74, 6) is 1.40. The van der Waals surface area contributed by atoms with Crippen molar-refractivity contribution in [2.24, 2.45) is 11.8 Å². The number of hydrogen-bond acceptors (Lipinski definition) is 4. The summed E-state index contributed by atoms with van der Waals surface area (Å²) < 4.78 is 0. The quantitative estimate of drug-likeness (QED) is 0.777. The molecule has 0 radical (unpaired) electrons. The zero-order chi connectivity index (χ0) is 9.84. The summed E-state index contributed by atoms with van der Waals surface area (Å²) >= 11 is 2.90. The van der Waals surface area contributed by atoms with Crippen LogP contribution in [-0.2, 0) is 9.59 Å². The Morgan fingerprint density at radius 2 is 2.23 bits per heavy atom. The van der Waals surface area contributed by atoms with Gasteiger partial charge in [0.1, 0.15) is 0 Å². The van der Waals surface area contributed by atoms with Gasteiger partial charge in [0.2, 0.25) is 0 Å². The smallest absolute Gasteiger partial charge is 0.307 e. The van der Waals surface area contributed by atoms with E-state index in [0.717, 1.165) is 5.75 Å². The molecule has 1 N–H and O–H groups in total. The van der Waals surface area contributed by atoms with Crippen molar-refractivity contribution in [3.05, 3.63) is 0 Å². The lowest BCUT2D eigenvalue weighted by molar-refractivity contribution is -0.141. The van der Waals surface area contributed by atoms with Gasteiger partial charge in [-0.2, -0.15) is 11.8 Å². The molecule has 1 heterocycles. The minimum absolute atomic E-state index is 0.0704. The number of carbonyl (C=O) groups excluding carboxylic acids is 1. The molecule has 1 aliphatic rings. The molecule has 2 unspecified atom stereocenters. The molecule has 0 spiro atoms. The highest BCUT2D eigenvalue weighted by Crippen LogP contribution is 2.32. The van der Waals surface area contributed by atoms with Crippen molar-refractivity contribution >= 4 is 34.6 Å². The third-order valence-electron chi connectivity index (χ3n) is 2.02. The number of thioether (sulfide) groups is 2. The minimum Gasteiger partial charge on any atom is -0.481 e. The average molecular weight is 220 g/mol. The van der Waals surface area contributed by atoms with Gasteiger partial charge in [-0.1, -0.05) is 11.8 Å². The molecule has 1 saturated heterocycles. The Morgan fingerprint density at radius 1 is 1.54 bits per heavy atom. The summed E-state index contributed by atoms with van der Waals surface area (Å²) in [5.41, 5.74) is 0. The fourth-order valence-corrected chi connectivity index (χ4v) is 3.67. The van der Waals surface area contributed by atoms with E-state index in [4.69, 9.17) is 5.11 Å². The number of aliphatic carboxylic acids is 1. The second-order valence-electron chi connectivity index (χ2n) is 3.04. The van der Waals surface area contributed by atoms with E-state index >= 15 is 0 Å². The number of hydrogen-bond donors (Lipinski definition) is 1. The lowest BCUT2D eigenvalue weighted by Gasteiger charge is -2.12. The summed E-state index contributed by atoms with van der Waals surface area (Å²) in [5, 5.41) is 8.91. The van der Waals surface area contributed by atoms with Gasteiger partial charge in [-0.3, -0.25) is 9.59 Å². The van der Waals surface area contributed by atoms with Crippen LogP contribution in [0.15, 0.2) is 0 Å². The largest absolute Gasteiger partial charge is 0.481 e. The molecule has 0 aromatic heterocycles. The van der Waals surface area contributed by atoms with E-state index in [0.29, 0.717) is 11.5 Å². The van der Waals surface area contributed by atoms with Crippen molar-refractivity contribution < 1.29 is 14.7 Å². The predicted molar refractivity (Wildman–Crippen MR) is 55.1 cm³/mol. The van der Waals surface area contributed by atoms with Crippen LogP contribution in [0.2, 0.25) is 0 Å². The van der Waals surface area contributed by atoms with Gasteiger partial charge in [-0.25, -0.2) is 0 Å². The second kappa shape index (κ2) is 4.91. The molecule has 0 aromatic rings. The van der Waals surface area contributed by atoms with Gasteiger partial charge in [-0.05, 0) is 11.7 Å². The number of rotatable bonds is 3. The molecular formula is C8H12O3S2. The first-order valence-electron chi connectivity index (χ1n) is 4.05. The molecule has 2 atom stereocenters. The molecule has 3 nitrogen and oxygen atoms in total. The minimum atomic E-state index is -0.723. The Morgan fingerprint density at radius 3 is 2.77 bits per heavy atom. The Kier molecular flexibility index (Phi) is 4.12. The molecule has 0 saturated carbocycles. The van der Waals surface area contributed by atoms with E-state index < -0.39 is 5.97 Å². The van der Waals surface area contributed by atoms with Gasteiger partial charge < -0.3 is 5.11 Å². The van der Waals surface area contributed by atoms with Crippen LogP contribution >= 0.6 is 23.5 Å². The molecule has 1 rings (SSSR count). The summed E-state index contributed by atoms with van der Waals surface area (Å²) in [4.78, 5) is 21.4. The summed E-state index contributed by atoms with van der Waals surface area (Å²) in [6.45, 7) is 1.52. The van der Waals surface area contributed by atoms with Crippen molar-refractivity contribution in [1.29, 1.82) is 0 Å². The van der Waals surface area contributed by atoms with Crippen LogP contribution in [0.1, 0.15) is 6.92 Å². The highest BCUT2D eigenvalue weighted by atomic mass is 32.2. The number of carbonyl (C=O) groups is 2. The lowest BCUT2D eigenvalue weighted by Crippen LogP contribution is -2.23. The SMILES string of the molecule is CC(=O)SCC1CSCC1C(=O)O. The van der Waals surface area contributed by atoms with Crippen molar-refractivity contribution in [3.63, 3.8) is 0 Å². The van der Waals surface area contributed by atoms with Crippen LogP contribution in [0.25, 0.3) is 0 Å². The van der Waals surface area contributed by atoms with E-state index in [-0.39, 0.29) is 17.0 Å². The van der Waals surface area contributed by atoms with Crippen molar-refractivity contribution in [2.75, 3.05) is 17.3 Å². The molecule has 74 valence electrons. The van der Waals surface area contributed by atoms with Crippen molar-refractivity contribution in [2.45, 2.75) is 6.92 Å². The lowest BCUT2D eigenvalue weighted by atomic mass is 9.98. The van der Waals surface area contributed by atoms with Crippen LogP contribution in [0.3, 0.4) is 0 Å². The van der Waals surface area contributed by atoms with E-state index in [1.807, 2.05) is 0 Å². The topological polar surface area (TPSA) is 54.4 Å². The van der Waals surface area contributed by atoms with Crippen molar-refractivity contribution in [3.8, 4) is 0 Å². The Balaban J connectivity index is 2.39. The fraction of sp³-hybridized carbons (Fsp3) is 0.750. The first-order chi connectivity index (χ1) is 6.11. The third kappa shape index (κ3) is 3.23. The molecule has 0 aliphatic carbocycles. The highest BCUT2D eigenvalue weighted by Gasteiger charge is 2.33. The zero-order valence-electron chi connectivity index (χ0n) is 7.36.